The molecule has 16 aromatic carbocycles. The van der Waals surface area contributed by atoms with Crippen LogP contribution in [0.1, 0.15) is 24.5 Å². The molecule has 0 aromatic heterocycles. The highest BCUT2D eigenvalue weighted by molar-refractivity contribution is 6.45. The van der Waals surface area contributed by atoms with Crippen LogP contribution in [0.5, 0.6) is 0 Å². The molecule has 1 unspecified atom stereocenters. The fraction of sp³-hybridized carbons (Fsp3) is 0.0337. The molecule has 3 aliphatic carbocycles. The van der Waals surface area contributed by atoms with Crippen LogP contribution in [-0.2, 0) is 0 Å². The second-order valence-corrected chi connectivity index (χ2v) is 24.8. The summed E-state index contributed by atoms with van der Waals surface area (Å²) in [6.07, 6.45) is 6.08. The third-order valence-electron chi connectivity index (χ3n) is 20.0. The first kappa shape index (κ1) is 50.0. The molecule has 0 amide bonds. The Hall–Kier alpha value is -11.2. The van der Waals surface area contributed by atoms with E-state index in [1.807, 2.05) is 0 Å². The molecule has 0 heteroatoms. The van der Waals surface area contributed by atoms with Crippen molar-refractivity contribution >= 4 is 75.8 Å². The van der Waals surface area contributed by atoms with Crippen LogP contribution in [-0.4, -0.2) is 0 Å². The minimum Gasteiger partial charge on any atom is -0.0754 e. The first-order valence-electron chi connectivity index (χ1n) is 31.5. The van der Waals surface area contributed by atoms with Gasteiger partial charge in [-0.05, 0) is 235 Å². The maximum atomic E-state index is 2.63. The molecule has 19 rings (SSSR count). The van der Waals surface area contributed by atoms with Crippen LogP contribution >= 0.6 is 0 Å². The van der Waals surface area contributed by atoms with Crippen LogP contribution < -0.4 is 0 Å². The van der Waals surface area contributed by atoms with Gasteiger partial charge in [0.2, 0.25) is 0 Å². The summed E-state index contributed by atoms with van der Waals surface area (Å²) in [4.78, 5) is 0. The standard InChI is InChI=1S/C89H56/c1-53-40-41-66(71(48-53)56-28-12-4-13-29-56)80-75-50-61-37-21-20-36-60(61)49-74(75)78(59-34-18-7-19-35-59)86-70-47-46-69-82-72(57-30-14-5-15-31-57)51-76-81-65(64-39-23-22-38-62(64)54-24-8-2-9-25-54)43-42-63(55-26-10-3-11-27-55)79(81)67-44-45-68(87(82)84(67)76)83-73(58-32-16-6-17-33-58)52-77(89(80)86)85(70)88(69)83/h2-39,41-53H,40H2,1H3. The van der Waals surface area contributed by atoms with Crippen molar-refractivity contribution in [1.29, 1.82) is 0 Å². The van der Waals surface area contributed by atoms with Crippen molar-refractivity contribution in [3.05, 3.63) is 314 Å². The lowest BCUT2D eigenvalue weighted by atomic mass is 9.76. The van der Waals surface area contributed by atoms with Crippen LogP contribution in [0.15, 0.2) is 303 Å². The van der Waals surface area contributed by atoms with Crippen molar-refractivity contribution in [2.75, 3.05) is 0 Å². The largest absolute Gasteiger partial charge is 0.0754 e. The van der Waals surface area contributed by atoms with Gasteiger partial charge in [0.1, 0.15) is 0 Å². The van der Waals surface area contributed by atoms with E-state index in [1.165, 1.54) is 198 Å². The first-order valence-corrected chi connectivity index (χ1v) is 31.5. The molecule has 3 aliphatic rings. The summed E-state index contributed by atoms with van der Waals surface area (Å²) in [6, 6.07) is 110. The zero-order chi connectivity index (χ0) is 58.4. The van der Waals surface area contributed by atoms with E-state index in [4.69, 9.17) is 0 Å². The molecule has 0 saturated heterocycles. The minimum atomic E-state index is 0.388. The van der Waals surface area contributed by atoms with Gasteiger partial charge in [-0.2, -0.15) is 0 Å². The van der Waals surface area contributed by atoms with Gasteiger partial charge in [-0.3, -0.25) is 0 Å². The van der Waals surface area contributed by atoms with E-state index in [1.54, 1.807) is 0 Å². The van der Waals surface area contributed by atoms with E-state index < -0.39 is 0 Å². The molecule has 1 atom stereocenters. The minimum absolute atomic E-state index is 0.388. The van der Waals surface area contributed by atoms with Gasteiger partial charge in [-0.25, -0.2) is 0 Å². The predicted octanol–water partition coefficient (Wildman–Crippen LogP) is 24.8. The number of allylic oxidation sites excluding steroid dienone is 4. The van der Waals surface area contributed by atoms with Gasteiger partial charge in [0.25, 0.3) is 0 Å². The normalized spacial score (nSPS) is 13.9. The average molecular weight is 1130 g/mol. The SMILES string of the molecule is CC1C=C(c2ccccc2)C(c2c3c(c(-c4ccccc4)c4cc5ccccc5cc24)-c2ccc4c5c(-c6ccccc6)cc6c7c(ccc(c8c(-c9ccccc9)cc-3c2c48)c75)-c2c(-c3ccccc3)ccc(-c3ccccc3-c3ccccc3)c2-6)=CC1. The Morgan fingerprint density at radius 2 is 0.618 bits per heavy atom. The fourth-order valence-corrected chi connectivity index (χ4v) is 16.3. The van der Waals surface area contributed by atoms with Crippen LogP contribution in [0.4, 0.5) is 0 Å². The highest BCUT2D eigenvalue weighted by Crippen LogP contribution is 2.64. The summed E-state index contributed by atoms with van der Waals surface area (Å²) in [7, 11) is 0. The summed E-state index contributed by atoms with van der Waals surface area (Å²) >= 11 is 0. The number of hydrogen-bond donors (Lipinski definition) is 0. The van der Waals surface area contributed by atoms with Gasteiger partial charge in [-0.15, -0.1) is 0 Å². The second-order valence-electron chi connectivity index (χ2n) is 24.8. The lowest BCUT2D eigenvalue weighted by Gasteiger charge is -2.27. The molecule has 16 aromatic rings. The third kappa shape index (κ3) is 7.29. The Balaban J connectivity index is 1.00. The third-order valence-corrected chi connectivity index (χ3v) is 20.0. The number of rotatable bonds is 8. The molecule has 0 fully saturated rings. The molecule has 0 spiro atoms. The zero-order valence-electron chi connectivity index (χ0n) is 49.2. The highest BCUT2D eigenvalue weighted by atomic mass is 14.4. The van der Waals surface area contributed by atoms with E-state index in [2.05, 4.69) is 310 Å². The summed E-state index contributed by atoms with van der Waals surface area (Å²) in [5.74, 6) is 0.388. The average Bonchev–Trinajstić information content (AvgIpc) is 1.56. The summed E-state index contributed by atoms with van der Waals surface area (Å²) in [6.45, 7) is 2.37. The van der Waals surface area contributed by atoms with Crippen molar-refractivity contribution in [2.45, 2.75) is 13.3 Å². The summed E-state index contributed by atoms with van der Waals surface area (Å²) in [5, 5.41) is 15.5. The van der Waals surface area contributed by atoms with Crippen molar-refractivity contribution in [3.63, 3.8) is 0 Å². The van der Waals surface area contributed by atoms with Crippen molar-refractivity contribution in [2.24, 2.45) is 5.92 Å². The summed E-state index contributed by atoms with van der Waals surface area (Å²) < 4.78 is 0. The molecule has 0 N–H and O–H groups in total. The van der Waals surface area contributed by atoms with E-state index in [0.717, 1.165) is 6.42 Å². The van der Waals surface area contributed by atoms with E-state index in [9.17, 15) is 0 Å². The van der Waals surface area contributed by atoms with Crippen LogP contribution in [0, 0.1) is 5.92 Å². The van der Waals surface area contributed by atoms with Gasteiger partial charge < -0.3 is 0 Å². The Kier molecular flexibility index (Phi) is 10.9. The Morgan fingerprint density at radius 3 is 1.17 bits per heavy atom. The van der Waals surface area contributed by atoms with Crippen LogP contribution in [0.25, 0.3) is 187 Å². The maximum absolute atomic E-state index is 2.63. The van der Waals surface area contributed by atoms with E-state index >= 15 is 0 Å². The zero-order valence-corrected chi connectivity index (χ0v) is 49.2. The van der Waals surface area contributed by atoms with E-state index in [0.29, 0.717) is 5.92 Å². The quantitative estimate of drug-likeness (QED) is 0.105. The Morgan fingerprint density at radius 1 is 0.225 bits per heavy atom. The van der Waals surface area contributed by atoms with Crippen molar-refractivity contribution < 1.29 is 0 Å². The Bertz CT molecular complexity index is 5700. The Labute approximate surface area is 517 Å². The molecule has 89 heavy (non-hydrogen) atoms. The lowest BCUT2D eigenvalue weighted by Crippen LogP contribution is -2.04. The first-order chi connectivity index (χ1) is 44.1. The van der Waals surface area contributed by atoms with Crippen molar-refractivity contribution in [1.82, 2.24) is 0 Å². The lowest BCUT2D eigenvalue weighted by molar-refractivity contribution is 0.742. The number of hydrogen-bond acceptors (Lipinski definition) is 0. The molecular weight excluding hydrogens is 1070 g/mol. The number of benzene rings is 16. The smallest absolute Gasteiger partial charge is 0.000708 e. The topological polar surface area (TPSA) is 0 Å². The monoisotopic (exact) mass is 1120 g/mol. The molecule has 412 valence electrons. The van der Waals surface area contributed by atoms with Gasteiger partial charge in [0.05, 0.1) is 0 Å². The van der Waals surface area contributed by atoms with Crippen LogP contribution in [0.2, 0.25) is 0 Å². The number of fused-ring (bicyclic) bond motifs is 10. The van der Waals surface area contributed by atoms with E-state index in [-0.39, 0.29) is 0 Å². The fourth-order valence-electron chi connectivity index (χ4n) is 16.3. The molecule has 0 bridgehead atoms. The van der Waals surface area contributed by atoms with Crippen molar-refractivity contribution in [3.8, 4) is 111 Å². The predicted molar refractivity (Wildman–Crippen MR) is 380 cm³/mol. The van der Waals surface area contributed by atoms with Crippen LogP contribution in [0.3, 0.4) is 0 Å². The van der Waals surface area contributed by atoms with Gasteiger partial charge in [0.15, 0.2) is 0 Å². The van der Waals surface area contributed by atoms with Gasteiger partial charge in [0, 0.05) is 0 Å². The van der Waals surface area contributed by atoms with Gasteiger partial charge >= 0.3 is 0 Å². The molecule has 0 radical (unpaired) electrons. The summed E-state index contributed by atoms with van der Waals surface area (Å²) in [5.41, 5.74) is 30.3. The highest BCUT2D eigenvalue weighted by Gasteiger charge is 2.38. The second kappa shape index (κ2) is 19.4. The molecule has 0 nitrogen and oxygen atoms in total. The molecule has 0 heterocycles. The van der Waals surface area contributed by atoms with Gasteiger partial charge in [-0.1, -0.05) is 286 Å². The molecule has 0 aliphatic heterocycles. The maximum Gasteiger partial charge on any atom is -0.000708 e. The molecule has 0 saturated carbocycles. The molecular formula is C89H56.